The van der Waals surface area contributed by atoms with E-state index in [0.29, 0.717) is 6.42 Å². The molecule has 11 nitrogen and oxygen atoms in total. The first-order valence-corrected chi connectivity index (χ1v) is 12.3. The van der Waals surface area contributed by atoms with E-state index in [9.17, 15) is 25.5 Å². The molecule has 1 aromatic rings. The van der Waals surface area contributed by atoms with Crippen molar-refractivity contribution >= 4 is 0 Å². The van der Waals surface area contributed by atoms with Gasteiger partial charge in [-0.05, 0) is 19.3 Å². The monoisotopic (exact) mass is 512 g/mol. The van der Waals surface area contributed by atoms with E-state index in [-0.39, 0.29) is 13.2 Å². The van der Waals surface area contributed by atoms with Crippen LogP contribution in [0.25, 0.3) is 0 Å². The zero-order valence-electron chi connectivity index (χ0n) is 20.0. The van der Waals surface area contributed by atoms with Gasteiger partial charge in [0.05, 0.1) is 13.2 Å². The number of aliphatic hydroxyl groups is 5. The van der Waals surface area contributed by atoms with Crippen LogP contribution >= 0.6 is 0 Å². The van der Waals surface area contributed by atoms with E-state index in [2.05, 4.69) is 6.58 Å². The van der Waals surface area contributed by atoms with Crippen molar-refractivity contribution < 1.29 is 54.0 Å². The number of allylic oxidation sites excluding steroid dienone is 1. The second-order valence-electron chi connectivity index (χ2n) is 9.16. The summed E-state index contributed by atoms with van der Waals surface area (Å²) in [4.78, 5) is 0. The van der Waals surface area contributed by atoms with Crippen LogP contribution in [0, 0.1) is 0 Å². The first-order chi connectivity index (χ1) is 17.4. The largest absolute Gasteiger partial charge is 0.394 e. The highest BCUT2D eigenvalue weighted by Gasteiger charge is 2.53. The molecule has 1 aromatic carbocycles. The van der Waals surface area contributed by atoms with Crippen LogP contribution in [0.2, 0.25) is 0 Å². The number of aliphatic hydroxyl groups excluding tert-OH is 5. The first-order valence-electron chi connectivity index (χ1n) is 12.3. The Kier molecular flexibility index (Phi) is 9.84. The normalized spacial score (nSPS) is 41.0. The molecule has 3 heterocycles. The van der Waals surface area contributed by atoms with Crippen LogP contribution in [0.3, 0.4) is 0 Å². The molecule has 0 spiro atoms. The second-order valence-corrected chi connectivity index (χ2v) is 9.16. The van der Waals surface area contributed by atoms with Gasteiger partial charge in [-0.15, -0.1) is 6.58 Å². The summed E-state index contributed by atoms with van der Waals surface area (Å²) in [5, 5.41) is 52.6. The van der Waals surface area contributed by atoms with Crippen molar-refractivity contribution in [1.82, 2.24) is 0 Å². The van der Waals surface area contributed by atoms with Crippen molar-refractivity contribution in [2.24, 2.45) is 0 Å². The molecule has 3 fully saturated rings. The molecule has 0 aromatic heterocycles. The lowest BCUT2D eigenvalue weighted by molar-refractivity contribution is -0.385. The molecular formula is C25H36O11. The molecule has 4 rings (SSSR count). The summed E-state index contributed by atoms with van der Waals surface area (Å²) in [6, 6.07) is 9.18. The minimum atomic E-state index is -1.54. The van der Waals surface area contributed by atoms with Crippen LogP contribution in [-0.2, 0) is 28.4 Å². The topological polar surface area (TPSA) is 157 Å². The number of unbranched alkanes of at least 4 members (excludes halogenated alkanes) is 2. The van der Waals surface area contributed by atoms with Crippen molar-refractivity contribution in [1.29, 1.82) is 0 Å². The Morgan fingerprint density at radius 2 is 1.67 bits per heavy atom. The highest BCUT2D eigenvalue weighted by molar-refractivity contribution is 5.16. The summed E-state index contributed by atoms with van der Waals surface area (Å²) >= 11 is 0. The molecule has 0 bridgehead atoms. The molecule has 0 radical (unpaired) electrons. The maximum atomic E-state index is 10.8. The molecule has 3 saturated heterocycles. The van der Waals surface area contributed by atoms with Crippen LogP contribution in [0.1, 0.15) is 31.1 Å². The minimum absolute atomic E-state index is 0.0609. The van der Waals surface area contributed by atoms with E-state index < -0.39 is 74.3 Å². The molecule has 11 atom stereocenters. The van der Waals surface area contributed by atoms with Gasteiger partial charge in [-0.25, -0.2) is 0 Å². The summed E-state index contributed by atoms with van der Waals surface area (Å²) < 4.78 is 34.4. The molecule has 5 N–H and O–H groups in total. The van der Waals surface area contributed by atoms with Crippen LogP contribution in [0.5, 0.6) is 0 Å². The number of rotatable bonds is 10. The van der Waals surface area contributed by atoms with Gasteiger partial charge in [-0.3, -0.25) is 0 Å². The Bertz CT molecular complexity index is 806. The minimum Gasteiger partial charge on any atom is -0.394 e. The van der Waals surface area contributed by atoms with Crippen molar-refractivity contribution in [3.05, 3.63) is 48.6 Å². The zero-order chi connectivity index (χ0) is 25.7. The first kappa shape index (κ1) is 27.6. The Morgan fingerprint density at radius 1 is 0.917 bits per heavy atom. The van der Waals surface area contributed by atoms with Crippen molar-refractivity contribution in [2.45, 2.75) is 87.0 Å². The van der Waals surface area contributed by atoms with Crippen LogP contribution in [0.4, 0.5) is 0 Å². The average molecular weight is 513 g/mol. The molecule has 36 heavy (non-hydrogen) atoms. The SMILES string of the molecule is C=CCCCCO[C@@H]1O[C@H](CO)[C@@H](O[C@@H]2O[C@@H]3COC(c4ccccc4)O[C@@H]3[C@H](O)[C@H]2O)[C@H](O)[C@H]1O. The lowest BCUT2D eigenvalue weighted by atomic mass is 9.96. The van der Waals surface area contributed by atoms with E-state index in [1.54, 1.807) is 6.08 Å². The van der Waals surface area contributed by atoms with E-state index in [4.69, 9.17) is 28.4 Å². The molecule has 0 aliphatic carbocycles. The van der Waals surface area contributed by atoms with Crippen molar-refractivity contribution in [2.75, 3.05) is 19.8 Å². The molecule has 202 valence electrons. The number of hydrogen-bond acceptors (Lipinski definition) is 11. The predicted octanol–water partition coefficient (Wildman–Crippen LogP) is -0.256. The number of fused-ring (bicyclic) bond motifs is 1. The second kappa shape index (κ2) is 12.9. The standard InChI is InChI=1S/C25H36O11/c1-2-3-4-8-11-31-24-19(29)17(27)21(15(12-26)33-24)36-25-20(30)18(28)22-16(34-25)13-32-23(35-22)14-9-6-5-7-10-14/h2,5-7,9-10,15-30H,1,3-4,8,11-13H2/t15-,16-,17-,18-,19-,20-,21-,22+,23?,24-,25+/m1/s1. The van der Waals surface area contributed by atoms with E-state index in [0.717, 1.165) is 18.4 Å². The molecule has 0 saturated carbocycles. The maximum absolute atomic E-state index is 10.8. The maximum Gasteiger partial charge on any atom is 0.187 e. The molecule has 11 heteroatoms. The lowest BCUT2D eigenvalue weighted by Crippen LogP contribution is -2.65. The summed E-state index contributed by atoms with van der Waals surface area (Å²) in [6.45, 7) is 3.46. The fourth-order valence-corrected chi connectivity index (χ4v) is 4.57. The van der Waals surface area contributed by atoms with Crippen LogP contribution in [-0.4, -0.2) is 107 Å². The fraction of sp³-hybridized carbons (Fsp3) is 0.680. The third kappa shape index (κ3) is 6.14. The van der Waals surface area contributed by atoms with Gasteiger partial charge in [0.15, 0.2) is 18.9 Å². The lowest BCUT2D eigenvalue weighted by Gasteiger charge is -2.48. The van der Waals surface area contributed by atoms with Crippen molar-refractivity contribution in [3.63, 3.8) is 0 Å². The molecule has 0 amide bonds. The van der Waals surface area contributed by atoms with Gasteiger partial charge in [0, 0.05) is 12.2 Å². The van der Waals surface area contributed by atoms with Crippen molar-refractivity contribution in [3.8, 4) is 0 Å². The number of ether oxygens (including phenoxy) is 6. The van der Waals surface area contributed by atoms with Crippen LogP contribution in [0.15, 0.2) is 43.0 Å². The van der Waals surface area contributed by atoms with Crippen LogP contribution < -0.4 is 0 Å². The zero-order valence-corrected chi connectivity index (χ0v) is 20.0. The highest BCUT2D eigenvalue weighted by atomic mass is 16.8. The quantitative estimate of drug-likeness (QED) is 0.208. The molecule has 3 aliphatic rings. The fourth-order valence-electron chi connectivity index (χ4n) is 4.57. The van der Waals surface area contributed by atoms with Gasteiger partial charge in [-0.1, -0.05) is 36.4 Å². The van der Waals surface area contributed by atoms with Gasteiger partial charge in [0.2, 0.25) is 0 Å². The molecule has 3 aliphatic heterocycles. The van der Waals surface area contributed by atoms with Gasteiger partial charge >= 0.3 is 0 Å². The Labute approximate surface area is 209 Å². The van der Waals surface area contributed by atoms with Gasteiger partial charge < -0.3 is 54.0 Å². The highest BCUT2D eigenvalue weighted by Crippen LogP contribution is 2.36. The Hall–Kier alpha value is -1.48. The average Bonchev–Trinajstić information content (AvgIpc) is 2.91. The number of hydrogen-bond donors (Lipinski definition) is 5. The van der Waals surface area contributed by atoms with E-state index >= 15 is 0 Å². The van der Waals surface area contributed by atoms with E-state index in [1.807, 2.05) is 30.3 Å². The van der Waals surface area contributed by atoms with E-state index in [1.165, 1.54) is 0 Å². The summed E-state index contributed by atoms with van der Waals surface area (Å²) in [7, 11) is 0. The van der Waals surface area contributed by atoms with Gasteiger partial charge in [0.1, 0.15) is 48.8 Å². The third-order valence-electron chi connectivity index (χ3n) is 6.60. The Balaban J connectivity index is 1.36. The Morgan fingerprint density at radius 3 is 2.39 bits per heavy atom. The summed E-state index contributed by atoms with van der Waals surface area (Å²) in [5.74, 6) is 0. The predicted molar refractivity (Wildman–Crippen MR) is 123 cm³/mol. The summed E-state index contributed by atoms with van der Waals surface area (Å²) in [5.41, 5.74) is 0.760. The van der Waals surface area contributed by atoms with Gasteiger partial charge in [-0.2, -0.15) is 0 Å². The van der Waals surface area contributed by atoms with Gasteiger partial charge in [0.25, 0.3) is 0 Å². The smallest absolute Gasteiger partial charge is 0.187 e. The molecule has 1 unspecified atom stereocenters. The number of benzene rings is 1. The summed E-state index contributed by atoms with van der Waals surface area (Å²) in [6.07, 6.45) is -9.00. The molecular weight excluding hydrogens is 476 g/mol. The third-order valence-corrected chi connectivity index (χ3v) is 6.60.